The molecule has 0 radical (unpaired) electrons. The third-order valence-corrected chi connectivity index (χ3v) is 6.44. The van der Waals surface area contributed by atoms with Crippen LogP contribution in [-0.4, -0.2) is 45.0 Å². The van der Waals surface area contributed by atoms with Crippen molar-refractivity contribution in [1.82, 2.24) is 0 Å². The maximum Gasteiger partial charge on any atom is 0.338 e. The van der Waals surface area contributed by atoms with E-state index in [4.69, 9.17) is 16.3 Å². The van der Waals surface area contributed by atoms with Crippen LogP contribution in [0.2, 0.25) is 5.02 Å². The highest BCUT2D eigenvalue weighted by Crippen LogP contribution is 2.29. The number of benzene rings is 2. The number of carbonyl (C=O) groups is 3. The second kappa shape index (κ2) is 8.20. The van der Waals surface area contributed by atoms with Gasteiger partial charge in [0.2, 0.25) is 11.7 Å². The van der Waals surface area contributed by atoms with Gasteiger partial charge in [0.1, 0.15) is 0 Å². The summed E-state index contributed by atoms with van der Waals surface area (Å²) in [5.74, 6) is -1.29. The zero-order chi connectivity index (χ0) is 22.2. The number of fused-ring (bicyclic) bond motifs is 1. The largest absolute Gasteiger partial charge is 0.451 e. The van der Waals surface area contributed by atoms with E-state index in [-0.39, 0.29) is 21.4 Å². The zero-order valence-electron chi connectivity index (χ0n) is 16.6. The molecule has 1 amide bonds. The number of rotatable bonds is 5. The number of anilines is 1. The van der Waals surface area contributed by atoms with Crippen LogP contribution < -0.4 is 4.90 Å². The Bertz CT molecular complexity index is 1160. The summed E-state index contributed by atoms with van der Waals surface area (Å²) in [6, 6.07) is 8.77. The second-order valence-corrected chi connectivity index (χ2v) is 9.48. The molecule has 3 rings (SSSR count). The molecule has 2 aromatic carbocycles. The maximum atomic E-state index is 12.7. The maximum absolute atomic E-state index is 12.7. The lowest BCUT2D eigenvalue weighted by molar-refractivity contribution is -0.116. The Morgan fingerprint density at radius 1 is 1.10 bits per heavy atom. The molecule has 9 heteroatoms. The Morgan fingerprint density at radius 3 is 2.40 bits per heavy atom. The Labute approximate surface area is 179 Å². The molecule has 1 aliphatic heterocycles. The van der Waals surface area contributed by atoms with E-state index >= 15 is 0 Å². The van der Waals surface area contributed by atoms with Gasteiger partial charge in [-0.2, -0.15) is 0 Å². The third-order valence-electron chi connectivity index (χ3n) is 4.86. The molecule has 0 bridgehead atoms. The lowest BCUT2D eigenvalue weighted by Gasteiger charge is -2.16. The molecule has 1 heterocycles. The quantitative estimate of drug-likeness (QED) is 0.514. The van der Waals surface area contributed by atoms with E-state index < -0.39 is 27.7 Å². The van der Waals surface area contributed by atoms with E-state index in [0.717, 1.165) is 23.6 Å². The van der Waals surface area contributed by atoms with Crippen LogP contribution in [0, 0.1) is 0 Å². The van der Waals surface area contributed by atoms with Crippen LogP contribution in [0.15, 0.2) is 41.3 Å². The molecule has 1 aliphatic rings. The van der Waals surface area contributed by atoms with Gasteiger partial charge in [-0.25, -0.2) is 13.2 Å². The standard InChI is InChI=1S/C21H20ClNO6S/c1-12(29-21(26)16-4-6-17(22)19(11-16)30(3,27)28)20(25)15-5-7-18-14(10-15)8-9-23(18)13(2)24/h4-7,10-12H,8-9H2,1-3H3. The van der Waals surface area contributed by atoms with Gasteiger partial charge in [0.15, 0.2) is 15.9 Å². The topological polar surface area (TPSA) is 97.8 Å². The van der Waals surface area contributed by atoms with Crippen molar-refractivity contribution in [3.63, 3.8) is 0 Å². The number of nitrogens with zero attached hydrogens (tertiary/aromatic N) is 1. The molecule has 0 aromatic heterocycles. The number of Topliss-reactive ketones (excluding diaryl/α,β-unsaturated/α-hetero) is 1. The highest BCUT2D eigenvalue weighted by atomic mass is 35.5. The highest BCUT2D eigenvalue weighted by Gasteiger charge is 2.26. The number of carbonyl (C=O) groups excluding carboxylic acids is 3. The van der Waals surface area contributed by atoms with Gasteiger partial charge in [-0.05, 0) is 55.3 Å². The van der Waals surface area contributed by atoms with Crippen molar-refractivity contribution in [3.8, 4) is 0 Å². The van der Waals surface area contributed by atoms with E-state index in [1.165, 1.54) is 26.0 Å². The highest BCUT2D eigenvalue weighted by molar-refractivity contribution is 7.90. The first-order valence-corrected chi connectivity index (χ1v) is 11.4. The lowest BCUT2D eigenvalue weighted by Crippen LogP contribution is -2.26. The first-order chi connectivity index (χ1) is 14.0. The number of esters is 1. The molecule has 30 heavy (non-hydrogen) atoms. The van der Waals surface area contributed by atoms with Gasteiger partial charge in [0.05, 0.1) is 15.5 Å². The van der Waals surface area contributed by atoms with E-state index in [1.807, 2.05) is 0 Å². The lowest BCUT2D eigenvalue weighted by atomic mass is 10.0. The predicted molar refractivity (Wildman–Crippen MR) is 112 cm³/mol. The van der Waals surface area contributed by atoms with Crippen molar-refractivity contribution in [1.29, 1.82) is 0 Å². The smallest absolute Gasteiger partial charge is 0.338 e. The van der Waals surface area contributed by atoms with Crippen LogP contribution in [0.5, 0.6) is 0 Å². The fraction of sp³-hybridized carbons (Fsp3) is 0.286. The summed E-state index contributed by atoms with van der Waals surface area (Å²) in [7, 11) is -3.63. The molecule has 1 atom stereocenters. The van der Waals surface area contributed by atoms with Gasteiger partial charge in [-0.3, -0.25) is 9.59 Å². The summed E-state index contributed by atoms with van der Waals surface area (Å²) >= 11 is 5.89. The van der Waals surface area contributed by atoms with Gasteiger partial charge >= 0.3 is 5.97 Å². The normalized spacial score (nSPS) is 14.2. The van der Waals surface area contributed by atoms with Crippen molar-refractivity contribution in [2.24, 2.45) is 0 Å². The van der Waals surface area contributed by atoms with Gasteiger partial charge in [-0.15, -0.1) is 0 Å². The minimum Gasteiger partial charge on any atom is -0.451 e. The van der Waals surface area contributed by atoms with Gasteiger partial charge in [0, 0.05) is 31.0 Å². The molecule has 1 unspecified atom stereocenters. The molecule has 0 fully saturated rings. The molecule has 0 spiro atoms. The van der Waals surface area contributed by atoms with Crippen molar-refractivity contribution in [2.45, 2.75) is 31.3 Å². The number of halogens is 1. The summed E-state index contributed by atoms with van der Waals surface area (Å²) in [6.45, 7) is 3.50. The van der Waals surface area contributed by atoms with Gasteiger partial charge < -0.3 is 9.64 Å². The minimum atomic E-state index is -3.63. The summed E-state index contributed by atoms with van der Waals surface area (Å²) in [4.78, 5) is 38.3. The Balaban J connectivity index is 1.77. The van der Waals surface area contributed by atoms with E-state index in [1.54, 1.807) is 23.1 Å². The fourth-order valence-corrected chi connectivity index (χ4v) is 4.61. The van der Waals surface area contributed by atoms with Crippen LogP contribution in [0.3, 0.4) is 0 Å². The average molecular weight is 450 g/mol. The third kappa shape index (κ3) is 4.39. The number of sulfone groups is 1. The van der Waals surface area contributed by atoms with Gasteiger partial charge in [-0.1, -0.05) is 11.6 Å². The van der Waals surface area contributed by atoms with Crippen molar-refractivity contribution in [3.05, 3.63) is 58.1 Å². The monoisotopic (exact) mass is 449 g/mol. The second-order valence-electron chi connectivity index (χ2n) is 7.09. The minimum absolute atomic E-state index is 0.00378. The molecule has 158 valence electrons. The summed E-state index contributed by atoms with van der Waals surface area (Å²) in [5, 5.41) is -0.00378. The number of ketones is 1. The number of ether oxygens (including phenoxy) is 1. The van der Waals surface area contributed by atoms with Crippen LogP contribution in [0.4, 0.5) is 5.69 Å². The SMILES string of the molecule is CC(=O)N1CCc2cc(C(=O)C(C)OC(=O)c3ccc(Cl)c(S(C)(=O)=O)c3)ccc21. The summed E-state index contributed by atoms with van der Waals surface area (Å²) in [6.07, 6.45) is 0.540. The summed E-state index contributed by atoms with van der Waals surface area (Å²) < 4.78 is 28.8. The van der Waals surface area contributed by atoms with Crippen LogP contribution in [-0.2, 0) is 25.8 Å². The molecule has 2 aromatic rings. The molecular formula is C21H20ClNO6S. The fourth-order valence-electron chi connectivity index (χ4n) is 3.31. The van der Waals surface area contributed by atoms with Crippen molar-refractivity contribution < 1.29 is 27.5 Å². The number of hydrogen-bond acceptors (Lipinski definition) is 6. The Kier molecular flexibility index (Phi) is 6.01. The van der Waals surface area contributed by atoms with E-state index in [0.29, 0.717) is 18.5 Å². The number of hydrogen-bond donors (Lipinski definition) is 0. The zero-order valence-corrected chi connectivity index (χ0v) is 18.2. The summed E-state index contributed by atoms with van der Waals surface area (Å²) in [5.41, 5.74) is 2.00. The predicted octanol–water partition coefficient (Wildman–Crippen LogP) is 3.08. The molecule has 0 aliphatic carbocycles. The Morgan fingerprint density at radius 2 is 1.77 bits per heavy atom. The number of amides is 1. The van der Waals surface area contributed by atoms with Gasteiger partial charge in [0.25, 0.3) is 0 Å². The van der Waals surface area contributed by atoms with Crippen LogP contribution >= 0.6 is 11.6 Å². The molecule has 0 saturated heterocycles. The first-order valence-electron chi connectivity index (χ1n) is 9.15. The van der Waals surface area contributed by atoms with Crippen LogP contribution in [0.1, 0.15) is 40.1 Å². The molecule has 0 saturated carbocycles. The molecular weight excluding hydrogens is 430 g/mol. The molecule has 0 N–H and O–H groups in total. The van der Waals surface area contributed by atoms with E-state index in [2.05, 4.69) is 0 Å². The van der Waals surface area contributed by atoms with E-state index in [9.17, 15) is 22.8 Å². The average Bonchev–Trinajstić information content (AvgIpc) is 3.10. The van der Waals surface area contributed by atoms with Crippen molar-refractivity contribution in [2.75, 3.05) is 17.7 Å². The molecule has 7 nitrogen and oxygen atoms in total. The van der Waals surface area contributed by atoms with Crippen molar-refractivity contribution >= 4 is 44.8 Å². The first kappa shape index (κ1) is 22.0. The Hall–Kier alpha value is -2.71. The van der Waals surface area contributed by atoms with Crippen LogP contribution in [0.25, 0.3) is 0 Å².